The zero-order chi connectivity index (χ0) is 9.35. The number of nitrogens with zero attached hydrogens (tertiary/aromatic N) is 1. The van der Waals surface area contributed by atoms with Gasteiger partial charge in [-0.2, -0.15) is 0 Å². The lowest BCUT2D eigenvalue weighted by Gasteiger charge is -2.46. The smallest absolute Gasteiger partial charge is 0.0783 e. The minimum atomic E-state index is 0.0150. The van der Waals surface area contributed by atoms with Gasteiger partial charge in [0.15, 0.2) is 0 Å². The van der Waals surface area contributed by atoms with Crippen LogP contribution in [0, 0.1) is 5.92 Å². The third kappa shape index (κ3) is 1.80. The number of ether oxygens (including phenoxy) is 1. The molecule has 1 rings (SSSR count). The lowest BCUT2D eigenvalue weighted by Crippen LogP contribution is -2.57. The first kappa shape index (κ1) is 10.0. The molecule has 0 spiro atoms. The van der Waals surface area contributed by atoms with Gasteiger partial charge in [-0.1, -0.05) is 13.8 Å². The molecule has 0 amide bonds. The molecule has 0 aromatic heterocycles. The maximum absolute atomic E-state index is 5.77. The fourth-order valence-electron chi connectivity index (χ4n) is 2.52. The molecule has 2 heteroatoms. The van der Waals surface area contributed by atoms with Gasteiger partial charge in [0.05, 0.1) is 12.2 Å². The Morgan fingerprint density at radius 3 is 2.33 bits per heavy atom. The van der Waals surface area contributed by atoms with Crippen LogP contribution in [0.5, 0.6) is 0 Å². The summed E-state index contributed by atoms with van der Waals surface area (Å²) in [5.74, 6) is 0.658. The fraction of sp³-hybridized carbons (Fsp3) is 1.00. The molecule has 0 radical (unpaired) electrons. The van der Waals surface area contributed by atoms with E-state index in [2.05, 4.69) is 39.6 Å². The highest BCUT2D eigenvalue weighted by Crippen LogP contribution is 2.28. The minimum absolute atomic E-state index is 0.0150. The van der Waals surface area contributed by atoms with E-state index in [1.807, 2.05) is 0 Å². The van der Waals surface area contributed by atoms with Crippen LogP contribution in [0.15, 0.2) is 0 Å². The topological polar surface area (TPSA) is 12.5 Å². The monoisotopic (exact) mass is 171 g/mol. The zero-order valence-electron chi connectivity index (χ0n) is 8.92. The summed E-state index contributed by atoms with van der Waals surface area (Å²) in [6.45, 7) is 10.8. The van der Waals surface area contributed by atoms with Crippen LogP contribution < -0.4 is 0 Å². The Morgan fingerprint density at radius 1 is 1.42 bits per heavy atom. The normalized spacial score (nSPS) is 31.0. The van der Waals surface area contributed by atoms with E-state index in [9.17, 15) is 0 Å². The molecular weight excluding hydrogens is 150 g/mol. The van der Waals surface area contributed by atoms with Crippen molar-refractivity contribution in [2.75, 3.05) is 20.2 Å². The van der Waals surface area contributed by atoms with Crippen molar-refractivity contribution in [1.29, 1.82) is 0 Å². The van der Waals surface area contributed by atoms with Crippen LogP contribution in [-0.4, -0.2) is 36.7 Å². The molecule has 1 unspecified atom stereocenters. The van der Waals surface area contributed by atoms with Crippen LogP contribution in [0.3, 0.4) is 0 Å². The van der Waals surface area contributed by atoms with E-state index in [0.717, 1.165) is 13.2 Å². The summed E-state index contributed by atoms with van der Waals surface area (Å²) in [6, 6.07) is 0.547. The Bertz CT molecular complexity index is 154. The number of rotatable bonds is 1. The van der Waals surface area contributed by atoms with Crippen LogP contribution in [0.25, 0.3) is 0 Å². The standard InChI is InChI=1S/C10H21NO/c1-8(2)9-10(3,4)12-7-6-11(9)5/h8-9H,6-7H2,1-5H3. The summed E-state index contributed by atoms with van der Waals surface area (Å²) in [4.78, 5) is 2.41. The lowest BCUT2D eigenvalue weighted by atomic mass is 9.87. The molecule has 1 saturated heterocycles. The van der Waals surface area contributed by atoms with Crippen molar-refractivity contribution in [3.8, 4) is 0 Å². The summed E-state index contributed by atoms with van der Waals surface area (Å²) >= 11 is 0. The van der Waals surface area contributed by atoms with Gasteiger partial charge in [0.1, 0.15) is 0 Å². The van der Waals surface area contributed by atoms with E-state index < -0.39 is 0 Å². The molecule has 2 nitrogen and oxygen atoms in total. The van der Waals surface area contributed by atoms with E-state index in [1.165, 1.54) is 0 Å². The summed E-state index contributed by atoms with van der Waals surface area (Å²) in [6.07, 6.45) is 0. The van der Waals surface area contributed by atoms with Crippen molar-refractivity contribution in [1.82, 2.24) is 4.90 Å². The molecule has 0 aromatic rings. The third-order valence-electron chi connectivity index (χ3n) is 2.74. The Morgan fingerprint density at radius 2 is 2.00 bits per heavy atom. The van der Waals surface area contributed by atoms with Crippen LogP contribution >= 0.6 is 0 Å². The molecule has 12 heavy (non-hydrogen) atoms. The Labute approximate surface area is 75.9 Å². The second kappa shape index (κ2) is 3.35. The van der Waals surface area contributed by atoms with Gasteiger partial charge in [0.25, 0.3) is 0 Å². The van der Waals surface area contributed by atoms with Crippen LogP contribution in [0.4, 0.5) is 0 Å². The SMILES string of the molecule is CC(C)C1N(C)CCOC1(C)C. The fourth-order valence-corrected chi connectivity index (χ4v) is 2.52. The average Bonchev–Trinajstić information content (AvgIpc) is 1.82. The maximum Gasteiger partial charge on any atom is 0.0783 e. The Balaban J connectivity index is 2.74. The molecule has 72 valence electrons. The molecule has 1 aliphatic rings. The highest BCUT2D eigenvalue weighted by atomic mass is 16.5. The van der Waals surface area contributed by atoms with Crippen LogP contribution in [0.1, 0.15) is 27.7 Å². The van der Waals surface area contributed by atoms with E-state index in [-0.39, 0.29) is 5.60 Å². The largest absolute Gasteiger partial charge is 0.373 e. The first-order valence-electron chi connectivity index (χ1n) is 4.79. The first-order valence-corrected chi connectivity index (χ1v) is 4.79. The average molecular weight is 171 g/mol. The number of likely N-dealkylation sites (N-methyl/N-ethyl adjacent to an activating group) is 1. The van der Waals surface area contributed by atoms with E-state index in [0.29, 0.717) is 12.0 Å². The second-order valence-corrected chi connectivity index (χ2v) is 4.62. The summed E-state index contributed by atoms with van der Waals surface area (Å²) in [5.41, 5.74) is 0.0150. The minimum Gasteiger partial charge on any atom is -0.373 e. The van der Waals surface area contributed by atoms with Gasteiger partial charge in [-0.05, 0) is 26.8 Å². The summed E-state index contributed by atoms with van der Waals surface area (Å²) in [7, 11) is 2.19. The number of morpholine rings is 1. The molecular formula is C10H21NO. The summed E-state index contributed by atoms with van der Waals surface area (Å²) in [5, 5.41) is 0. The van der Waals surface area contributed by atoms with Gasteiger partial charge in [-0.3, -0.25) is 4.90 Å². The van der Waals surface area contributed by atoms with Gasteiger partial charge in [-0.15, -0.1) is 0 Å². The Kier molecular flexibility index (Phi) is 2.79. The highest BCUT2D eigenvalue weighted by Gasteiger charge is 2.38. The van der Waals surface area contributed by atoms with Crippen LogP contribution in [0.2, 0.25) is 0 Å². The molecule has 1 heterocycles. The molecule has 0 bridgehead atoms. The second-order valence-electron chi connectivity index (χ2n) is 4.62. The molecule has 1 fully saturated rings. The van der Waals surface area contributed by atoms with Gasteiger partial charge in [-0.25, -0.2) is 0 Å². The van der Waals surface area contributed by atoms with Gasteiger partial charge in [0.2, 0.25) is 0 Å². The molecule has 0 N–H and O–H groups in total. The van der Waals surface area contributed by atoms with E-state index in [4.69, 9.17) is 4.74 Å². The van der Waals surface area contributed by atoms with Gasteiger partial charge in [0, 0.05) is 12.6 Å². The first-order chi connectivity index (χ1) is 5.45. The Hall–Kier alpha value is -0.0800. The number of hydrogen-bond acceptors (Lipinski definition) is 2. The molecule has 1 atom stereocenters. The lowest BCUT2D eigenvalue weighted by molar-refractivity contribution is -0.132. The van der Waals surface area contributed by atoms with Crippen molar-refractivity contribution in [2.45, 2.75) is 39.3 Å². The van der Waals surface area contributed by atoms with Gasteiger partial charge >= 0.3 is 0 Å². The summed E-state index contributed by atoms with van der Waals surface area (Å²) < 4.78 is 5.77. The predicted octanol–water partition coefficient (Wildman–Crippen LogP) is 1.75. The maximum atomic E-state index is 5.77. The third-order valence-corrected chi connectivity index (χ3v) is 2.74. The quantitative estimate of drug-likeness (QED) is 0.596. The van der Waals surface area contributed by atoms with E-state index >= 15 is 0 Å². The molecule has 1 aliphatic heterocycles. The molecule has 0 aliphatic carbocycles. The molecule has 0 aromatic carbocycles. The van der Waals surface area contributed by atoms with Crippen molar-refractivity contribution in [3.63, 3.8) is 0 Å². The van der Waals surface area contributed by atoms with Crippen molar-refractivity contribution in [3.05, 3.63) is 0 Å². The number of hydrogen-bond donors (Lipinski definition) is 0. The van der Waals surface area contributed by atoms with E-state index in [1.54, 1.807) is 0 Å². The van der Waals surface area contributed by atoms with Crippen LogP contribution in [-0.2, 0) is 4.74 Å². The highest BCUT2D eigenvalue weighted by molar-refractivity contribution is 4.91. The van der Waals surface area contributed by atoms with Crippen molar-refractivity contribution >= 4 is 0 Å². The zero-order valence-corrected chi connectivity index (χ0v) is 8.92. The van der Waals surface area contributed by atoms with Crippen molar-refractivity contribution < 1.29 is 4.74 Å². The van der Waals surface area contributed by atoms with Gasteiger partial charge < -0.3 is 4.74 Å². The predicted molar refractivity (Wildman–Crippen MR) is 51.3 cm³/mol. The molecule has 0 saturated carbocycles. The van der Waals surface area contributed by atoms with Crippen molar-refractivity contribution in [2.24, 2.45) is 5.92 Å².